The number of fused-ring (bicyclic) bond motifs is 1. The van der Waals surface area contributed by atoms with Crippen LogP contribution in [0.4, 0.5) is 17.6 Å². The number of likely N-dealkylation sites (tertiary alicyclic amines) is 1. The quantitative estimate of drug-likeness (QED) is 0.368. The highest BCUT2D eigenvalue weighted by molar-refractivity contribution is 6.35. The molecule has 2 atom stereocenters. The fraction of sp³-hybridized carbons (Fsp3) is 0.269. The fourth-order valence-corrected chi connectivity index (χ4v) is 5.02. The lowest BCUT2D eigenvalue weighted by molar-refractivity contribution is -0.141. The molecule has 2 amide bonds. The first-order valence-electron chi connectivity index (χ1n) is 11.9. The second kappa shape index (κ2) is 10.3. The van der Waals surface area contributed by atoms with Gasteiger partial charge >= 0.3 is 6.18 Å². The Morgan fingerprint density at radius 2 is 1.79 bits per heavy atom. The number of hydrogen-bond donors (Lipinski definition) is 1. The van der Waals surface area contributed by atoms with E-state index >= 15 is 0 Å². The van der Waals surface area contributed by atoms with E-state index in [9.17, 15) is 27.2 Å². The van der Waals surface area contributed by atoms with E-state index in [0.29, 0.717) is 34.6 Å². The summed E-state index contributed by atoms with van der Waals surface area (Å²) < 4.78 is 53.8. The van der Waals surface area contributed by atoms with Crippen molar-refractivity contribution >= 4 is 34.4 Å². The maximum absolute atomic E-state index is 13.7. The van der Waals surface area contributed by atoms with Gasteiger partial charge in [0.2, 0.25) is 0 Å². The Morgan fingerprint density at radius 1 is 1.08 bits per heavy atom. The van der Waals surface area contributed by atoms with Crippen molar-refractivity contribution in [3.63, 3.8) is 0 Å². The summed E-state index contributed by atoms with van der Waals surface area (Å²) >= 11 is 6.33. The Bertz CT molecular complexity index is 1560. The molecule has 0 aliphatic carbocycles. The highest BCUT2D eigenvalue weighted by Gasteiger charge is 2.37. The van der Waals surface area contributed by atoms with Crippen LogP contribution < -0.4 is 5.32 Å². The van der Waals surface area contributed by atoms with Crippen LogP contribution in [0, 0.1) is 5.82 Å². The van der Waals surface area contributed by atoms with Crippen molar-refractivity contribution in [1.82, 2.24) is 30.0 Å². The monoisotopic (exact) mass is 560 g/mol. The first kappa shape index (κ1) is 26.5. The van der Waals surface area contributed by atoms with Crippen LogP contribution in [0.1, 0.15) is 44.4 Å². The summed E-state index contributed by atoms with van der Waals surface area (Å²) in [5.74, 6) is -1.98. The molecule has 0 spiro atoms. The molecule has 0 saturated carbocycles. The number of nitrogens with zero attached hydrogens (tertiary/aromatic N) is 5. The molecular weight excluding hydrogens is 540 g/mol. The Kier molecular flexibility index (Phi) is 6.98. The van der Waals surface area contributed by atoms with Gasteiger partial charge < -0.3 is 10.2 Å². The van der Waals surface area contributed by atoms with E-state index in [1.54, 1.807) is 23.1 Å². The van der Waals surface area contributed by atoms with Crippen molar-refractivity contribution < 1.29 is 27.2 Å². The molecule has 4 aromatic rings. The zero-order valence-electron chi connectivity index (χ0n) is 20.4. The number of nitrogens with one attached hydrogen (secondary N) is 1. The summed E-state index contributed by atoms with van der Waals surface area (Å²) in [4.78, 5) is 36.5. The first-order valence-corrected chi connectivity index (χ1v) is 12.3. The maximum atomic E-state index is 13.7. The lowest BCUT2D eigenvalue weighted by Gasteiger charge is -2.39. The molecule has 0 radical (unpaired) electrons. The average Bonchev–Trinajstić information content (AvgIpc) is 3.31. The van der Waals surface area contributed by atoms with Gasteiger partial charge in [-0.3, -0.25) is 24.2 Å². The molecule has 1 N–H and O–H groups in total. The Balaban J connectivity index is 1.41. The molecule has 0 bridgehead atoms. The van der Waals surface area contributed by atoms with E-state index in [0.717, 1.165) is 4.68 Å². The molecule has 1 aliphatic rings. The average molecular weight is 561 g/mol. The van der Waals surface area contributed by atoms with Gasteiger partial charge in [-0.15, -0.1) is 0 Å². The zero-order chi connectivity index (χ0) is 27.9. The molecule has 2 aromatic carbocycles. The van der Waals surface area contributed by atoms with Crippen molar-refractivity contribution in [2.45, 2.75) is 24.6 Å². The molecule has 5 rings (SSSR count). The predicted molar refractivity (Wildman–Crippen MR) is 134 cm³/mol. The van der Waals surface area contributed by atoms with Crippen LogP contribution in [0.2, 0.25) is 5.02 Å². The molecule has 13 heteroatoms. The van der Waals surface area contributed by atoms with E-state index in [4.69, 9.17) is 11.6 Å². The molecule has 1 fully saturated rings. The Hall–Kier alpha value is -4.06. The number of piperidine rings is 1. The molecule has 8 nitrogen and oxygen atoms in total. The topological polar surface area (TPSA) is 93.0 Å². The van der Waals surface area contributed by atoms with Crippen molar-refractivity contribution in [3.05, 3.63) is 88.2 Å². The zero-order valence-corrected chi connectivity index (χ0v) is 21.2. The second-order valence-corrected chi connectivity index (χ2v) is 9.60. The molecule has 39 heavy (non-hydrogen) atoms. The number of benzene rings is 2. The summed E-state index contributed by atoms with van der Waals surface area (Å²) in [5.41, 5.74) is 0.450. The number of alkyl halides is 3. The molecule has 2 aromatic heterocycles. The third kappa shape index (κ3) is 5.42. The third-order valence-corrected chi connectivity index (χ3v) is 6.98. The van der Waals surface area contributed by atoms with Crippen molar-refractivity contribution in [2.24, 2.45) is 7.05 Å². The van der Waals surface area contributed by atoms with Crippen molar-refractivity contribution in [2.75, 3.05) is 13.1 Å². The van der Waals surface area contributed by atoms with Gasteiger partial charge in [-0.25, -0.2) is 4.39 Å². The Morgan fingerprint density at radius 3 is 2.49 bits per heavy atom. The van der Waals surface area contributed by atoms with Gasteiger partial charge in [-0.2, -0.15) is 18.3 Å². The number of rotatable bonds is 4. The van der Waals surface area contributed by atoms with Crippen LogP contribution in [0.3, 0.4) is 0 Å². The molecule has 0 unspecified atom stereocenters. The van der Waals surface area contributed by atoms with E-state index < -0.39 is 35.6 Å². The summed E-state index contributed by atoms with van der Waals surface area (Å²) in [7, 11) is 1.25. The molecule has 1 saturated heterocycles. The highest BCUT2D eigenvalue weighted by atomic mass is 35.5. The number of carbonyl (C=O) groups excluding carboxylic acids is 2. The van der Waals surface area contributed by atoms with E-state index in [2.05, 4.69) is 20.4 Å². The van der Waals surface area contributed by atoms with Gasteiger partial charge in [0.15, 0.2) is 5.69 Å². The summed E-state index contributed by atoms with van der Waals surface area (Å²) in [6.07, 6.45) is -1.41. The second-order valence-electron chi connectivity index (χ2n) is 9.20. The van der Waals surface area contributed by atoms with Crippen molar-refractivity contribution in [3.8, 4) is 0 Å². The molecule has 202 valence electrons. The molecule has 1 aliphatic heterocycles. The lowest BCUT2D eigenvalue weighted by Crippen LogP contribution is -2.51. The minimum atomic E-state index is -4.70. The van der Waals surface area contributed by atoms with Crippen LogP contribution in [0.25, 0.3) is 11.0 Å². The van der Waals surface area contributed by atoms with Crippen LogP contribution in [0.15, 0.2) is 54.9 Å². The minimum absolute atomic E-state index is 0.157. The number of aromatic nitrogens is 4. The van der Waals surface area contributed by atoms with Crippen LogP contribution >= 0.6 is 11.6 Å². The van der Waals surface area contributed by atoms with Gasteiger partial charge in [-0.1, -0.05) is 23.7 Å². The normalized spacial score (nSPS) is 17.8. The number of amides is 2. The van der Waals surface area contributed by atoms with Gasteiger partial charge in [0, 0.05) is 56.1 Å². The van der Waals surface area contributed by atoms with Gasteiger partial charge in [0.25, 0.3) is 11.8 Å². The first-order chi connectivity index (χ1) is 18.5. The van der Waals surface area contributed by atoms with Gasteiger partial charge in [-0.05, 0) is 36.2 Å². The Labute approximate surface area is 224 Å². The van der Waals surface area contributed by atoms with E-state index in [-0.39, 0.29) is 29.7 Å². The number of carbonyl (C=O) groups is 2. The summed E-state index contributed by atoms with van der Waals surface area (Å²) in [6.45, 7) is 0.404. The van der Waals surface area contributed by atoms with Gasteiger partial charge in [0.05, 0.1) is 10.5 Å². The molecular formula is C26H21ClF4N6O2. The molecule has 3 heterocycles. The standard InChI is InChI=1S/C26H21ClF4N6O2/c1-36-21(12-22(35-36)26(29,30)31)24(38)34-19-6-9-37(13-17(19)14-2-4-16(28)5-3-14)25(39)15-10-18(27)23-20(11-15)32-7-8-33-23/h2-5,7-8,10-12,17,19H,6,9,13H2,1H3,(H,34,38)/t17-,19+/m0/s1. The summed E-state index contributed by atoms with van der Waals surface area (Å²) in [5, 5.41) is 6.47. The lowest BCUT2D eigenvalue weighted by atomic mass is 9.85. The third-order valence-electron chi connectivity index (χ3n) is 6.69. The number of halogens is 5. The predicted octanol–water partition coefficient (Wildman–Crippen LogP) is 4.60. The largest absolute Gasteiger partial charge is 0.435 e. The summed E-state index contributed by atoms with van der Waals surface area (Å²) in [6, 6.07) is 8.90. The van der Waals surface area contributed by atoms with Crippen molar-refractivity contribution in [1.29, 1.82) is 0 Å². The van der Waals surface area contributed by atoms with Crippen LogP contribution in [0.5, 0.6) is 0 Å². The van der Waals surface area contributed by atoms with E-state index in [1.165, 1.54) is 37.6 Å². The fourth-order valence-electron chi connectivity index (χ4n) is 4.76. The van der Waals surface area contributed by atoms with Crippen LogP contribution in [-0.2, 0) is 13.2 Å². The van der Waals surface area contributed by atoms with Crippen LogP contribution in [-0.4, -0.2) is 55.6 Å². The van der Waals surface area contributed by atoms with Gasteiger partial charge in [0.1, 0.15) is 17.0 Å². The SMILES string of the molecule is Cn1nc(C(F)(F)F)cc1C(=O)N[C@@H]1CCN(C(=O)c2cc(Cl)c3nccnc3c2)C[C@H]1c1ccc(F)cc1. The highest BCUT2D eigenvalue weighted by Crippen LogP contribution is 2.31. The van der Waals surface area contributed by atoms with E-state index in [1.807, 2.05) is 0 Å². The smallest absolute Gasteiger partial charge is 0.347 e. The maximum Gasteiger partial charge on any atom is 0.435 e. The minimum Gasteiger partial charge on any atom is -0.347 e. The number of hydrogen-bond acceptors (Lipinski definition) is 5. The number of aryl methyl sites for hydroxylation is 1.